The summed E-state index contributed by atoms with van der Waals surface area (Å²) in [5, 5.41) is 0. The number of fused-ring (bicyclic) bond motifs is 1. The maximum Gasteiger partial charge on any atom is 0.347 e. The molecule has 0 amide bonds. The summed E-state index contributed by atoms with van der Waals surface area (Å²) in [6.45, 7) is 0.451. The summed E-state index contributed by atoms with van der Waals surface area (Å²) in [4.78, 5) is 22.3. The molecule has 0 saturated carbocycles. The van der Waals surface area contributed by atoms with Crippen LogP contribution in [0, 0.1) is 0 Å². The Morgan fingerprint density at radius 3 is 2.67 bits per heavy atom. The van der Waals surface area contributed by atoms with Crippen molar-refractivity contribution < 1.29 is 28.5 Å². The highest BCUT2D eigenvalue weighted by Crippen LogP contribution is 2.38. The number of benzene rings is 1. The fourth-order valence-electron chi connectivity index (χ4n) is 1.87. The second kappa shape index (κ2) is 4.21. The fraction of sp³-hybridized carbons (Fsp3) is 0.333. The molecule has 6 nitrogen and oxygen atoms in total. The van der Waals surface area contributed by atoms with E-state index in [0.29, 0.717) is 42.1 Å². The third-order valence-corrected chi connectivity index (χ3v) is 2.79. The zero-order valence-electron chi connectivity index (χ0n) is 9.38. The number of hydrogen-bond donors (Lipinski definition) is 0. The number of hydrogen-bond acceptors (Lipinski definition) is 6. The van der Waals surface area contributed by atoms with Crippen molar-refractivity contribution in [2.24, 2.45) is 0 Å². The SMILES string of the molecule is O=Cc1cc2c(cc1OC1CCOC1=O)OCO2. The van der Waals surface area contributed by atoms with Crippen LogP contribution in [0.3, 0.4) is 0 Å². The van der Waals surface area contributed by atoms with Crippen LogP contribution in [0.15, 0.2) is 12.1 Å². The van der Waals surface area contributed by atoms with Crippen molar-refractivity contribution >= 4 is 12.3 Å². The van der Waals surface area contributed by atoms with Crippen molar-refractivity contribution in [2.45, 2.75) is 12.5 Å². The van der Waals surface area contributed by atoms with Crippen LogP contribution in [-0.4, -0.2) is 31.8 Å². The smallest absolute Gasteiger partial charge is 0.347 e. The summed E-state index contributed by atoms with van der Waals surface area (Å²) in [5.74, 6) is 0.892. The number of aldehydes is 1. The summed E-state index contributed by atoms with van der Waals surface area (Å²) < 4.78 is 20.6. The number of rotatable bonds is 3. The van der Waals surface area contributed by atoms with Crippen LogP contribution in [0.2, 0.25) is 0 Å². The molecule has 1 fully saturated rings. The lowest BCUT2D eigenvalue weighted by atomic mass is 10.2. The van der Waals surface area contributed by atoms with E-state index in [0.717, 1.165) is 0 Å². The molecule has 1 atom stereocenters. The molecule has 18 heavy (non-hydrogen) atoms. The van der Waals surface area contributed by atoms with Crippen LogP contribution in [-0.2, 0) is 9.53 Å². The van der Waals surface area contributed by atoms with E-state index >= 15 is 0 Å². The number of ether oxygens (including phenoxy) is 4. The highest BCUT2D eigenvalue weighted by Gasteiger charge is 2.30. The van der Waals surface area contributed by atoms with Gasteiger partial charge in [-0.05, 0) is 6.07 Å². The second-order valence-electron chi connectivity index (χ2n) is 3.92. The highest BCUT2D eigenvalue weighted by molar-refractivity contribution is 5.82. The normalized spacial score (nSPS) is 20.7. The third kappa shape index (κ3) is 1.75. The fourth-order valence-corrected chi connectivity index (χ4v) is 1.87. The van der Waals surface area contributed by atoms with Crippen molar-refractivity contribution in [3.8, 4) is 17.2 Å². The molecule has 0 aromatic heterocycles. The molecule has 0 aliphatic carbocycles. The highest BCUT2D eigenvalue weighted by atomic mass is 16.7. The van der Waals surface area contributed by atoms with Gasteiger partial charge in [-0.25, -0.2) is 4.79 Å². The van der Waals surface area contributed by atoms with Crippen molar-refractivity contribution in [2.75, 3.05) is 13.4 Å². The van der Waals surface area contributed by atoms with E-state index in [-0.39, 0.29) is 6.79 Å². The maximum absolute atomic E-state index is 11.3. The lowest BCUT2D eigenvalue weighted by Gasteiger charge is -2.12. The van der Waals surface area contributed by atoms with Gasteiger partial charge in [-0.3, -0.25) is 4.79 Å². The van der Waals surface area contributed by atoms with Gasteiger partial charge in [0, 0.05) is 12.5 Å². The predicted molar refractivity (Wildman–Crippen MR) is 57.9 cm³/mol. The lowest BCUT2D eigenvalue weighted by molar-refractivity contribution is -0.143. The first-order valence-corrected chi connectivity index (χ1v) is 5.50. The van der Waals surface area contributed by atoms with Crippen LogP contribution in [0.5, 0.6) is 17.2 Å². The molecule has 1 saturated heterocycles. The average molecular weight is 250 g/mol. The maximum atomic E-state index is 11.3. The third-order valence-electron chi connectivity index (χ3n) is 2.79. The molecular formula is C12H10O6. The van der Waals surface area contributed by atoms with E-state index in [1.807, 2.05) is 0 Å². The van der Waals surface area contributed by atoms with Gasteiger partial charge >= 0.3 is 5.97 Å². The summed E-state index contributed by atoms with van der Waals surface area (Å²) in [6, 6.07) is 3.09. The van der Waals surface area contributed by atoms with Crippen molar-refractivity contribution in [1.82, 2.24) is 0 Å². The molecule has 3 rings (SSSR count). The van der Waals surface area contributed by atoms with Gasteiger partial charge in [0.1, 0.15) is 5.75 Å². The zero-order chi connectivity index (χ0) is 12.5. The number of carbonyl (C=O) groups excluding carboxylic acids is 2. The minimum atomic E-state index is -0.663. The molecule has 94 valence electrons. The minimum Gasteiger partial charge on any atom is -0.478 e. The van der Waals surface area contributed by atoms with Gasteiger partial charge in [0.25, 0.3) is 0 Å². The lowest BCUT2D eigenvalue weighted by Crippen LogP contribution is -2.22. The zero-order valence-corrected chi connectivity index (χ0v) is 9.38. The van der Waals surface area contributed by atoms with Crippen LogP contribution in [0.1, 0.15) is 16.8 Å². The summed E-state index contributed by atoms with van der Waals surface area (Å²) in [5.41, 5.74) is 0.318. The topological polar surface area (TPSA) is 71.1 Å². The van der Waals surface area contributed by atoms with Crippen molar-refractivity contribution in [3.63, 3.8) is 0 Å². The van der Waals surface area contributed by atoms with E-state index in [2.05, 4.69) is 0 Å². The van der Waals surface area contributed by atoms with Gasteiger partial charge < -0.3 is 18.9 Å². The Kier molecular flexibility index (Phi) is 2.55. The summed E-state index contributed by atoms with van der Waals surface area (Å²) in [7, 11) is 0. The summed E-state index contributed by atoms with van der Waals surface area (Å²) >= 11 is 0. The summed E-state index contributed by atoms with van der Waals surface area (Å²) in [6.07, 6.45) is 0.465. The molecule has 1 aromatic carbocycles. The Hall–Kier alpha value is -2.24. The van der Waals surface area contributed by atoms with Crippen molar-refractivity contribution in [1.29, 1.82) is 0 Å². The number of esters is 1. The quantitative estimate of drug-likeness (QED) is 0.587. The average Bonchev–Trinajstić information content (AvgIpc) is 2.98. The van der Waals surface area contributed by atoms with E-state index in [4.69, 9.17) is 18.9 Å². The molecule has 0 N–H and O–H groups in total. The first-order chi connectivity index (χ1) is 8.78. The van der Waals surface area contributed by atoms with E-state index in [9.17, 15) is 9.59 Å². The van der Waals surface area contributed by atoms with E-state index in [1.165, 1.54) is 6.07 Å². The molecule has 0 bridgehead atoms. The largest absolute Gasteiger partial charge is 0.478 e. The second-order valence-corrected chi connectivity index (χ2v) is 3.92. The van der Waals surface area contributed by atoms with Gasteiger partial charge in [-0.2, -0.15) is 0 Å². The predicted octanol–water partition coefficient (Wildman–Crippen LogP) is 0.922. The molecule has 6 heteroatoms. The first-order valence-electron chi connectivity index (χ1n) is 5.50. The van der Waals surface area contributed by atoms with Crippen LogP contribution in [0.25, 0.3) is 0 Å². The van der Waals surface area contributed by atoms with Crippen molar-refractivity contribution in [3.05, 3.63) is 17.7 Å². The van der Waals surface area contributed by atoms with Gasteiger partial charge in [-0.1, -0.05) is 0 Å². The Morgan fingerprint density at radius 2 is 2.00 bits per heavy atom. The Labute approximate surface area is 102 Å². The van der Waals surface area contributed by atoms with E-state index < -0.39 is 12.1 Å². The Bertz CT molecular complexity index is 510. The van der Waals surface area contributed by atoms with Gasteiger partial charge in [0.2, 0.25) is 6.79 Å². The minimum absolute atomic E-state index is 0.114. The van der Waals surface area contributed by atoms with Crippen LogP contribution >= 0.6 is 0 Å². The molecule has 0 radical (unpaired) electrons. The van der Waals surface area contributed by atoms with Gasteiger partial charge in [0.15, 0.2) is 23.9 Å². The molecule has 0 spiro atoms. The first kappa shape index (κ1) is 10.9. The Balaban J connectivity index is 1.90. The molecular weight excluding hydrogens is 240 g/mol. The molecule has 2 heterocycles. The molecule has 2 aliphatic rings. The molecule has 1 unspecified atom stereocenters. The van der Waals surface area contributed by atoms with Crippen LogP contribution < -0.4 is 14.2 Å². The molecule has 2 aliphatic heterocycles. The number of cyclic esters (lactones) is 1. The Morgan fingerprint density at radius 1 is 1.22 bits per heavy atom. The monoisotopic (exact) mass is 250 g/mol. The van der Waals surface area contributed by atoms with Gasteiger partial charge in [0.05, 0.1) is 12.2 Å². The number of carbonyl (C=O) groups is 2. The molecule has 1 aromatic rings. The van der Waals surface area contributed by atoms with E-state index in [1.54, 1.807) is 6.07 Å². The standard InChI is InChI=1S/C12H10O6/c13-5-7-3-10-11(17-6-16-10)4-9(7)18-8-1-2-15-12(8)14/h3-5,8H,1-2,6H2. The van der Waals surface area contributed by atoms with Gasteiger partial charge in [-0.15, -0.1) is 0 Å². The van der Waals surface area contributed by atoms with Crippen LogP contribution in [0.4, 0.5) is 0 Å².